The van der Waals surface area contributed by atoms with Crippen LogP contribution in [0.15, 0.2) is 0 Å². The summed E-state index contributed by atoms with van der Waals surface area (Å²) in [6.45, 7) is 2.15. The molecule has 1 saturated heterocycles. The normalized spacial score (nSPS) is 22.1. The monoisotopic (exact) mass is 184 g/mol. The fourth-order valence-electron chi connectivity index (χ4n) is 1.56. The maximum absolute atomic E-state index is 11.0. The lowest BCUT2D eigenvalue weighted by Crippen LogP contribution is -2.06. The summed E-state index contributed by atoms with van der Waals surface area (Å²) >= 11 is 0. The molecule has 1 rings (SSSR count). The Morgan fingerprint density at radius 3 is 2.62 bits per heavy atom. The van der Waals surface area contributed by atoms with Crippen LogP contribution in [-0.4, -0.2) is 11.9 Å². The summed E-state index contributed by atoms with van der Waals surface area (Å²) in [6, 6.07) is 0. The van der Waals surface area contributed by atoms with Crippen LogP contribution < -0.4 is 0 Å². The number of unbranched alkanes of at least 4 members (excludes halogenated alkanes) is 3. The van der Waals surface area contributed by atoms with Crippen molar-refractivity contribution in [3.05, 3.63) is 0 Å². The van der Waals surface area contributed by atoms with Gasteiger partial charge in [0.05, 0.1) is 12.3 Å². The summed E-state index contributed by atoms with van der Waals surface area (Å²) in [7, 11) is 0. The van der Waals surface area contributed by atoms with Gasteiger partial charge in [0.1, 0.15) is 0 Å². The van der Waals surface area contributed by atoms with Crippen LogP contribution in [0.2, 0.25) is 0 Å². The topological polar surface area (TPSA) is 43.4 Å². The fraction of sp³-hybridized carbons (Fsp3) is 0.800. The van der Waals surface area contributed by atoms with Crippen LogP contribution in [0.4, 0.5) is 0 Å². The molecular weight excluding hydrogens is 168 g/mol. The summed E-state index contributed by atoms with van der Waals surface area (Å²) < 4.78 is 4.45. The molecule has 1 fully saturated rings. The Bertz CT molecular complexity index is 198. The number of hydrogen-bond donors (Lipinski definition) is 0. The van der Waals surface area contributed by atoms with E-state index in [-0.39, 0.29) is 17.9 Å². The van der Waals surface area contributed by atoms with E-state index in [1.165, 1.54) is 12.8 Å². The van der Waals surface area contributed by atoms with Gasteiger partial charge in [0.25, 0.3) is 0 Å². The van der Waals surface area contributed by atoms with Crippen molar-refractivity contribution < 1.29 is 14.3 Å². The van der Waals surface area contributed by atoms with Crippen LogP contribution in [0.3, 0.4) is 0 Å². The van der Waals surface area contributed by atoms with Gasteiger partial charge in [-0.15, -0.1) is 0 Å². The first-order chi connectivity index (χ1) is 6.24. The van der Waals surface area contributed by atoms with Crippen LogP contribution in [0, 0.1) is 5.92 Å². The van der Waals surface area contributed by atoms with Gasteiger partial charge in [-0.1, -0.05) is 32.6 Å². The lowest BCUT2D eigenvalue weighted by molar-refractivity contribution is -0.153. The average Bonchev–Trinajstić information content (AvgIpc) is 2.39. The number of carbonyl (C=O) groups excluding carboxylic acids is 2. The highest BCUT2D eigenvalue weighted by molar-refractivity contribution is 5.94. The molecule has 3 heteroatoms. The Morgan fingerprint density at radius 1 is 1.31 bits per heavy atom. The minimum absolute atomic E-state index is 0.149. The number of esters is 2. The first-order valence-corrected chi connectivity index (χ1v) is 4.98. The van der Waals surface area contributed by atoms with E-state index in [0.29, 0.717) is 6.42 Å². The molecule has 1 atom stereocenters. The average molecular weight is 184 g/mol. The van der Waals surface area contributed by atoms with E-state index in [2.05, 4.69) is 11.7 Å². The smallest absolute Gasteiger partial charge is 0.317 e. The fourth-order valence-corrected chi connectivity index (χ4v) is 1.56. The number of carbonyl (C=O) groups is 2. The molecule has 13 heavy (non-hydrogen) atoms. The van der Waals surface area contributed by atoms with E-state index in [0.717, 1.165) is 19.3 Å². The van der Waals surface area contributed by atoms with Crippen molar-refractivity contribution in [1.82, 2.24) is 0 Å². The molecule has 0 N–H and O–H groups in total. The van der Waals surface area contributed by atoms with Gasteiger partial charge in [-0.3, -0.25) is 9.59 Å². The minimum Gasteiger partial charge on any atom is -0.393 e. The van der Waals surface area contributed by atoms with E-state index in [4.69, 9.17) is 0 Å². The molecule has 1 heterocycles. The van der Waals surface area contributed by atoms with Gasteiger partial charge in [-0.25, -0.2) is 0 Å². The van der Waals surface area contributed by atoms with Crippen LogP contribution >= 0.6 is 0 Å². The predicted molar refractivity (Wildman–Crippen MR) is 48.0 cm³/mol. The summed E-state index contributed by atoms with van der Waals surface area (Å²) in [6.07, 6.45) is 5.68. The van der Waals surface area contributed by atoms with E-state index in [1.54, 1.807) is 0 Å². The molecule has 0 saturated carbocycles. The third-order valence-corrected chi connectivity index (χ3v) is 2.37. The van der Waals surface area contributed by atoms with Gasteiger partial charge < -0.3 is 4.74 Å². The van der Waals surface area contributed by atoms with Crippen molar-refractivity contribution in [2.45, 2.75) is 45.4 Å². The number of cyclic esters (lactones) is 2. The molecule has 0 spiro atoms. The zero-order valence-electron chi connectivity index (χ0n) is 8.04. The van der Waals surface area contributed by atoms with Crippen molar-refractivity contribution in [2.24, 2.45) is 5.92 Å². The van der Waals surface area contributed by atoms with Crippen LogP contribution in [0.1, 0.15) is 45.4 Å². The zero-order valence-corrected chi connectivity index (χ0v) is 8.04. The molecule has 3 nitrogen and oxygen atoms in total. The lowest BCUT2D eigenvalue weighted by atomic mass is 9.99. The second-order valence-corrected chi connectivity index (χ2v) is 3.54. The molecule has 0 unspecified atom stereocenters. The van der Waals surface area contributed by atoms with Gasteiger partial charge in [-0.05, 0) is 6.42 Å². The van der Waals surface area contributed by atoms with Crippen molar-refractivity contribution in [1.29, 1.82) is 0 Å². The van der Waals surface area contributed by atoms with Crippen molar-refractivity contribution in [3.8, 4) is 0 Å². The molecule has 1 aliphatic heterocycles. The molecule has 0 bridgehead atoms. The van der Waals surface area contributed by atoms with Crippen molar-refractivity contribution >= 4 is 11.9 Å². The van der Waals surface area contributed by atoms with Crippen LogP contribution in [-0.2, 0) is 14.3 Å². The van der Waals surface area contributed by atoms with Gasteiger partial charge in [0, 0.05) is 0 Å². The molecule has 74 valence electrons. The second kappa shape index (κ2) is 5.00. The van der Waals surface area contributed by atoms with Crippen LogP contribution in [0.5, 0.6) is 0 Å². The molecule has 1 aliphatic rings. The molecule has 0 radical (unpaired) electrons. The molecular formula is C10H16O3. The molecule has 0 aliphatic carbocycles. The number of hydrogen-bond acceptors (Lipinski definition) is 3. The minimum atomic E-state index is -0.356. The SMILES string of the molecule is CCCCCC[C@H]1CC(=O)OC1=O. The third kappa shape index (κ3) is 3.17. The van der Waals surface area contributed by atoms with E-state index < -0.39 is 0 Å². The van der Waals surface area contributed by atoms with E-state index in [1.807, 2.05) is 0 Å². The van der Waals surface area contributed by atoms with Gasteiger partial charge >= 0.3 is 11.9 Å². The Hall–Kier alpha value is -0.860. The van der Waals surface area contributed by atoms with Gasteiger partial charge in [0.2, 0.25) is 0 Å². The van der Waals surface area contributed by atoms with E-state index >= 15 is 0 Å². The maximum atomic E-state index is 11.0. The number of ether oxygens (including phenoxy) is 1. The summed E-state index contributed by atoms with van der Waals surface area (Å²) in [5.74, 6) is -0.823. The largest absolute Gasteiger partial charge is 0.393 e. The number of rotatable bonds is 5. The summed E-state index contributed by atoms with van der Waals surface area (Å²) in [5.41, 5.74) is 0. The van der Waals surface area contributed by atoms with Gasteiger partial charge in [-0.2, -0.15) is 0 Å². The highest BCUT2D eigenvalue weighted by Crippen LogP contribution is 2.22. The van der Waals surface area contributed by atoms with E-state index in [9.17, 15) is 9.59 Å². The highest BCUT2D eigenvalue weighted by Gasteiger charge is 2.32. The zero-order chi connectivity index (χ0) is 9.68. The predicted octanol–water partition coefficient (Wildman–Crippen LogP) is 2.05. The third-order valence-electron chi connectivity index (χ3n) is 2.37. The Morgan fingerprint density at radius 2 is 2.08 bits per heavy atom. The Labute approximate surface area is 78.5 Å². The molecule has 0 aromatic heterocycles. The van der Waals surface area contributed by atoms with Crippen molar-refractivity contribution in [3.63, 3.8) is 0 Å². The second-order valence-electron chi connectivity index (χ2n) is 3.54. The summed E-state index contributed by atoms with van der Waals surface area (Å²) in [5, 5.41) is 0. The van der Waals surface area contributed by atoms with Crippen LogP contribution in [0.25, 0.3) is 0 Å². The standard InChI is InChI=1S/C10H16O3/c1-2-3-4-5-6-8-7-9(11)13-10(8)12/h8H,2-7H2,1H3/t8-/m0/s1. The van der Waals surface area contributed by atoms with Crippen molar-refractivity contribution in [2.75, 3.05) is 0 Å². The van der Waals surface area contributed by atoms with Gasteiger partial charge in [0.15, 0.2) is 0 Å². The Balaban J connectivity index is 2.14. The first-order valence-electron chi connectivity index (χ1n) is 4.98. The first kappa shape index (κ1) is 10.2. The lowest BCUT2D eigenvalue weighted by Gasteiger charge is -2.02. The summed E-state index contributed by atoms with van der Waals surface area (Å²) in [4.78, 5) is 21.7. The molecule has 0 amide bonds. The molecule has 0 aromatic carbocycles. The Kier molecular flexibility index (Phi) is 3.93. The molecule has 0 aromatic rings. The maximum Gasteiger partial charge on any atom is 0.317 e. The highest BCUT2D eigenvalue weighted by atomic mass is 16.6. The quantitative estimate of drug-likeness (QED) is 0.373.